The van der Waals surface area contributed by atoms with Gasteiger partial charge in [0.15, 0.2) is 0 Å². The maximum Gasteiger partial charge on any atom is 0.373 e. The lowest BCUT2D eigenvalue weighted by Crippen LogP contribution is -2.06. The highest BCUT2D eigenvalue weighted by Crippen LogP contribution is 2.10. The Balaban J connectivity index is 1.85. The van der Waals surface area contributed by atoms with Crippen LogP contribution in [-0.4, -0.2) is 12.6 Å². The van der Waals surface area contributed by atoms with Gasteiger partial charge in [0.2, 0.25) is 0 Å². The second-order valence-electron chi connectivity index (χ2n) is 5.74. The van der Waals surface area contributed by atoms with E-state index in [0.29, 0.717) is 12.2 Å². The van der Waals surface area contributed by atoms with E-state index in [1.165, 1.54) is 51.4 Å². The van der Waals surface area contributed by atoms with Gasteiger partial charge in [-0.1, -0.05) is 82.9 Å². The first-order valence-corrected chi connectivity index (χ1v) is 8.73. The van der Waals surface area contributed by atoms with E-state index in [2.05, 4.69) is 6.92 Å². The Kier molecular flexibility index (Phi) is 11.3. The van der Waals surface area contributed by atoms with Crippen molar-refractivity contribution in [2.45, 2.75) is 71.1 Å². The number of carbonyl (C=O) groups excluding carboxylic acids is 1. The summed E-state index contributed by atoms with van der Waals surface area (Å²) in [5.41, 5.74) is 0.519. The summed E-state index contributed by atoms with van der Waals surface area (Å²) in [6.07, 6.45) is 12.8. The van der Waals surface area contributed by atoms with Crippen LogP contribution in [0.1, 0.15) is 81.5 Å². The molecule has 0 saturated carbocycles. The van der Waals surface area contributed by atoms with Crippen molar-refractivity contribution in [1.82, 2.24) is 0 Å². The SMILES string of the molecule is CCCCCCCCCCCCOOC(=O)c1ccccc1. The van der Waals surface area contributed by atoms with Crippen LogP contribution in [0.3, 0.4) is 0 Å². The molecule has 124 valence electrons. The molecule has 0 radical (unpaired) electrons. The fraction of sp³-hybridized carbons (Fsp3) is 0.632. The number of hydrogen-bond acceptors (Lipinski definition) is 3. The Labute approximate surface area is 134 Å². The van der Waals surface area contributed by atoms with Gasteiger partial charge in [0.25, 0.3) is 0 Å². The number of benzene rings is 1. The van der Waals surface area contributed by atoms with Crippen LogP contribution in [0.4, 0.5) is 0 Å². The summed E-state index contributed by atoms with van der Waals surface area (Å²) in [5.74, 6) is -0.423. The van der Waals surface area contributed by atoms with E-state index in [1.807, 2.05) is 6.07 Å². The highest BCUT2D eigenvalue weighted by molar-refractivity contribution is 5.88. The van der Waals surface area contributed by atoms with Gasteiger partial charge < -0.3 is 0 Å². The number of unbranched alkanes of at least 4 members (excludes halogenated alkanes) is 9. The zero-order chi connectivity index (χ0) is 15.9. The van der Waals surface area contributed by atoms with Crippen LogP contribution in [-0.2, 0) is 9.78 Å². The van der Waals surface area contributed by atoms with Crippen LogP contribution >= 0.6 is 0 Å². The van der Waals surface area contributed by atoms with Crippen LogP contribution in [0.2, 0.25) is 0 Å². The topological polar surface area (TPSA) is 35.5 Å². The Bertz CT molecular complexity index is 376. The molecule has 0 bridgehead atoms. The highest BCUT2D eigenvalue weighted by Gasteiger charge is 2.06. The fourth-order valence-corrected chi connectivity index (χ4v) is 2.37. The minimum Gasteiger partial charge on any atom is -0.293 e. The van der Waals surface area contributed by atoms with Gasteiger partial charge in [-0.25, -0.2) is 4.79 Å². The lowest BCUT2D eigenvalue weighted by atomic mass is 10.1. The van der Waals surface area contributed by atoms with Gasteiger partial charge in [-0.3, -0.25) is 4.89 Å². The van der Waals surface area contributed by atoms with Gasteiger partial charge in [-0.15, -0.1) is 0 Å². The van der Waals surface area contributed by atoms with E-state index in [1.54, 1.807) is 24.3 Å². The molecule has 0 aliphatic rings. The molecule has 0 fully saturated rings. The van der Waals surface area contributed by atoms with Crippen molar-refractivity contribution < 1.29 is 14.6 Å². The Hall–Kier alpha value is -1.35. The van der Waals surface area contributed by atoms with Gasteiger partial charge in [0.05, 0.1) is 12.2 Å². The van der Waals surface area contributed by atoms with E-state index in [-0.39, 0.29) is 0 Å². The van der Waals surface area contributed by atoms with Crippen LogP contribution in [0.15, 0.2) is 30.3 Å². The Morgan fingerprint density at radius 1 is 0.818 bits per heavy atom. The maximum absolute atomic E-state index is 11.6. The molecule has 22 heavy (non-hydrogen) atoms. The molecule has 1 aromatic carbocycles. The molecular formula is C19H30O3. The molecule has 0 N–H and O–H groups in total. The van der Waals surface area contributed by atoms with Crippen LogP contribution in [0, 0.1) is 0 Å². The molecule has 0 aromatic heterocycles. The molecule has 3 heteroatoms. The standard InChI is InChI=1S/C19H30O3/c1-2-3-4-5-6-7-8-9-10-14-17-21-22-19(20)18-15-12-11-13-16-18/h11-13,15-16H,2-10,14,17H2,1H3. The summed E-state index contributed by atoms with van der Waals surface area (Å²) in [4.78, 5) is 21.3. The minimum atomic E-state index is -0.423. The van der Waals surface area contributed by atoms with Gasteiger partial charge >= 0.3 is 5.97 Å². The zero-order valence-corrected chi connectivity index (χ0v) is 13.9. The third kappa shape index (κ3) is 9.56. The molecule has 0 atom stereocenters. The molecule has 3 nitrogen and oxygen atoms in total. The van der Waals surface area contributed by atoms with Crippen molar-refractivity contribution in [3.8, 4) is 0 Å². The molecule has 0 saturated heterocycles. The molecule has 0 aliphatic heterocycles. The normalized spacial score (nSPS) is 10.6. The molecule has 0 heterocycles. The van der Waals surface area contributed by atoms with E-state index in [4.69, 9.17) is 9.78 Å². The third-order valence-electron chi connectivity index (χ3n) is 3.73. The summed E-state index contributed by atoms with van der Waals surface area (Å²) in [5, 5.41) is 0. The monoisotopic (exact) mass is 306 g/mol. The lowest BCUT2D eigenvalue weighted by Gasteiger charge is -2.04. The molecule has 1 rings (SSSR count). The Morgan fingerprint density at radius 3 is 1.95 bits per heavy atom. The molecule has 0 aliphatic carbocycles. The summed E-state index contributed by atoms with van der Waals surface area (Å²) in [7, 11) is 0. The first-order valence-electron chi connectivity index (χ1n) is 8.73. The largest absolute Gasteiger partial charge is 0.373 e. The van der Waals surface area contributed by atoms with E-state index in [9.17, 15) is 4.79 Å². The smallest absolute Gasteiger partial charge is 0.293 e. The van der Waals surface area contributed by atoms with Crippen molar-refractivity contribution in [2.24, 2.45) is 0 Å². The van der Waals surface area contributed by atoms with Crippen molar-refractivity contribution in [3.63, 3.8) is 0 Å². The molecule has 0 spiro atoms. The molecule has 0 amide bonds. The van der Waals surface area contributed by atoms with Crippen LogP contribution < -0.4 is 0 Å². The van der Waals surface area contributed by atoms with Crippen LogP contribution in [0.5, 0.6) is 0 Å². The van der Waals surface area contributed by atoms with Crippen molar-refractivity contribution in [3.05, 3.63) is 35.9 Å². The molecule has 1 aromatic rings. The lowest BCUT2D eigenvalue weighted by molar-refractivity contribution is -0.241. The summed E-state index contributed by atoms with van der Waals surface area (Å²) in [6.45, 7) is 2.73. The Morgan fingerprint density at radius 2 is 1.36 bits per heavy atom. The predicted octanol–water partition coefficient (Wildman–Crippen LogP) is 5.70. The fourth-order valence-electron chi connectivity index (χ4n) is 2.37. The van der Waals surface area contributed by atoms with Crippen molar-refractivity contribution >= 4 is 5.97 Å². The zero-order valence-electron chi connectivity index (χ0n) is 13.9. The average Bonchev–Trinajstić information content (AvgIpc) is 2.56. The maximum atomic E-state index is 11.6. The number of carbonyl (C=O) groups is 1. The van der Waals surface area contributed by atoms with E-state index >= 15 is 0 Å². The number of hydrogen-bond donors (Lipinski definition) is 0. The second kappa shape index (κ2) is 13.3. The van der Waals surface area contributed by atoms with Crippen molar-refractivity contribution in [2.75, 3.05) is 6.61 Å². The molecular weight excluding hydrogens is 276 g/mol. The van der Waals surface area contributed by atoms with Gasteiger partial charge in [0.1, 0.15) is 0 Å². The molecule has 0 unspecified atom stereocenters. The first kappa shape index (κ1) is 18.7. The summed E-state index contributed by atoms with van der Waals surface area (Å²) in [6, 6.07) is 8.90. The third-order valence-corrected chi connectivity index (χ3v) is 3.73. The van der Waals surface area contributed by atoms with Gasteiger partial charge in [-0.05, 0) is 18.6 Å². The highest BCUT2D eigenvalue weighted by atomic mass is 17.2. The quantitative estimate of drug-likeness (QED) is 0.266. The van der Waals surface area contributed by atoms with Gasteiger partial charge in [-0.2, -0.15) is 4.89 Å². The van der Waals surface area contributed by atoms with E-state index in [0.717, 1.165) is 12.8 Å². The van der Waals surface area contributed by atoms with E-state index < -0.39 is 5.97 Å². The summed E-state index contributed by atoms with van der Waals surface area (Å²) >= 11 is 0. The van der Waals surface area contributed by atoms with Crippen molar-refractivity contribution in [1.29, 1.82) is 0 Å². The first-order chi connectivity index (χ1) is 10.8. The second-order valence-corrected chi connectivity index (χ2v) is 5.74. The minimum absolute atomic E-state index is 0.423. The average molecular weight is 306 g/mol. The van der Waals surface area contributed by atoms with Crippen LogP contribution in [0.25, 0.3) is 0 Å². The predicted molar refractivity (Wildman–Crippen MR) is 89.7 cm³/mol. The van der Waals surface area contributed by atoms with Gasteiger partial charge in [0, 0.05) is 0 Å². The number of rotatable bonds is 13. The summed E-state index contributed by atoms with van der Waals surface area (Å²) < 4.78 is 0.